The Morgan fingerprint density at radius 2 is 0.514 bits per heavy atom. The fourth-order valence-corrected chi connectivity index (χ4v) is 9.69. The molecule has 0 fully saturated rings. The van der Waals surface area contributed by atoms with Crippen molar-refractivity contribution in [2.24, 2.45) is 0 Å². The number of benzene rings is 10. The van der Waals surface area contributed by atoms with Crippen molar-refractivity contribution in [2.45, 2.75) is 0 Å². The summed E-state index contributed by atoms with van der Waals surface area (Å²) in [5.41, 5.74) is 15.5. The number of ether oxygens (including phenoxy) is 4. The van der Waals surface area contributed by atoms with Crippen LogP contribution in [0.25, 0.3) is 54.9 Å². The lowest BCUT2D eigenvalue weighted by atomic mass is 9.88. The predicted octanol–water partition coefficient (Wildman–Crippen LogP) is 16.1. The minimum absolute atomic E-state index is 0.812. The minimum atomic E-state index is 0.812. The standard InChI is InChI=1S/C64H58N4O4/c1-65(2)61-39-15-47-41-45(43-9-17-49(18-10-43)67(51-21-29-55(69-5)30-22-51)52-23-31-56(70-6)32-24-52)13-37-59(47)63(61)64-60-38-14-46(42-48(60)16-40-62(64)66(3)4)44-11-19-50(20-12-44)68(53-25-33-57(71-7)34-26-53)54-27-35-58(72-8)36-28-54/h9-42H,1-8H3. The molecule has 0 unspecified atom stereocenters. The third kappa shape index (κ3) is 9.18. The van der Waals surface area contributed by atoms with E-state index in [1.54, 1.807) is 28.4 Å². The van der Waals surface area contributed by atoms with Gasteiger partial charge < -0.3 is 38.5 Å². The van der Waals surface area contributed by atoms with Gasteiger partial charge in [-0.2, -0.15) is 0 Å². The lowest BCUT2D eigenvalue weighted by Crippen LogP contribution is -2.13. The molecular weight excluding hydrogens is 889 g/mol. The van der Waals surface area contributed by atoms with E-state index >= 15 is 0 Å². The van der Waals surface area contributed by atoms with E-state index in [1.165, 1.54) is 32.7 Å². The van der Waals surface area contributed by atoms with E-state index in [2.05, 4.69) is 206 Å². The van der Waals surface area contributed by atoms with Crippen LogP contribution in [0.1, 0.15) is 0 Å². The van der Waals surface area contributed by atoms with Gasteiger partial charge in [0.15, 0.2) is 0 Å². The number of methoxy groups -OCH3 is 4. The Balaban J connectivity index is 1.01. The number of anilines is 8. The molecule has 0 spiro atoms. The molecule has 10 aromatic rings. The van der Waals surface area contributed by atoms with E-state index in [0.29, 0.717) is 0 Å². The Morgan fingerprint density at radius 3 is 0.764 bits per heavy atom. The Bertz CT molecular complexity index is 3150. The molecule has 0 atom stereocenters. The summed E-state index contributed by atoms with van der Waals surface area (Å²) in [6, 6.07) is 73.0. The second-order valence-electron chi connectivity index (χ2n) is 18.1. The van der Waals surface area contributed by atoms with Gasteiger partial charge in [0.2, 0.25) is 0 Å². The maximum Gasteiger partial charge on any atom is 0.119 e. The maximum atomic E-state index is 5.48. The van der Waals surface area contributed by atoms with Crippen LogP contribution in [0.4, 0.5) is 45.5 Å². The topological polar surface area (TPSA) is 49.9 Å². The van der Waals surface area contributed by atoms with Crippen LogP contribution in [0.2, 0.25) is 0 Å². The van der Waals surface area contributed by atoms with Gasteiger partial charge in [0.05, 0.1) is 28.4 Å². The number of hydrogen-bond acceptors (Lipinski definition) is 8. The van der Waals surface area contributed by atoms with Crippen LogP contribution in [0.3, 0.4) is 0 Å². The van der Waals surface area contributed by atoms with E-state index < -0.39 is 0 Å². The van der Waals surface area contributed by atoms with Gasteiger partial charge >= 0.3 is 0 Å². The van der Waals surface area contributed by atoms with Crippen molar-refractivity contribution in [3.8, 4) is 56.4 Å². The van der Waals surface area contributed by atoms with Crippen molar-refractivity contribution in [1.29, 1.82) is 0 Å². The summed E-state index contributed by atoms with van der Waals surface area (Å²) in [6.07, 6.45) is 0. The molecule has 8 heteroatoms. The SMILES string of the molecule is COc1ccc(N(c2ccc(OC)cc2)c2ccc(-c3ccc4c(-c5c(N(C)C)ccc6cc(-c7ccc(N(c8ccc(OC)cc8)c8ccc(OC)cc8)cc7)ccc56)c(N(C)C)ccc4c3)cc2)cc1. The van der Waals surface area contributed by atoms with Crippen molar-refractivity contribution in [1.82, 2.24) is 0 Å². The van der Waals surface area contributed by atoms with Crippen LogP contribution in [0.15, 0.2) is 206 Å². The van der Waals surface area contributed by atoms with Gasteiger partial charge in [0, 0.05) is 84.8 Å². The molecule has 8 nitrogen and oxygen atoms in total. The molecule has 358 valence electrons. The second kappa shape index (κ2) is 20.2. The molecule has 0 aromatic heterocycles. The highest BCUT2D eigenvalue weighted by atomic mass is 16.5. The summed E-state index contributed by atoms with van der Waals surface area (Å²) in [7, 11) is 15.3. The predicted molar refractivity (Wildman–Crippen MR) is 302 cm³/mol. The Kier molecular flexibility index (Phi) is 13.2. The first-order valence-electron chi connectivity index (χ1n) is 24.0. The summed E-state index contributed by atoms with van der Waals surface area (Å²) in [6.45, 7) is 0. The molecule has 0 aliphatic rings. The highest BCUT2D eigenvalue weighted by Crippen LogP contribution is 2.47. The van der Waals surface area contributed by atoms with E-state index in [1.807, 2.05) is 48.5 Å². The molecule has 72 heavy (non-hydrogen) atoms. The first-order valence-corrected chi connectivity index (χ1v) is 24.0. The molecule has 0 saturated heterocycles. The molecule has 10 aromatic carbocycles. The molecule has 0 heterocycles. The van der Waals surface area contributed by atoms with Crippen LogP contribution in [-0.4, -0.2) is 56.6 Å². The van der Waals surface area contributed by atoms with Crippen LogP contribution < -0.4 is 38.5 Å². The normalized spacial score (nSPS) is 11.1. The lowest BCUT2D eigenvalue weighted by molar-refractivity contribution is 0.414. The lowest BCUT2D eigenvalue weighted by Gasteiger charge is -2.26. The number of rotatable bonds is 15. The van der Waals surface area contributed by atoms with E-state index in [-0.39, 0.29) is 0 Å². The summed E-state index contributed by atoms with van der Waals surface area (Å²) in [4.78, 5) is 8.95. The van der Waals surface area contributed by atoms with Gasteiger partial charge in [-0.3, -0.25) is 0 Å². The van der Waals surface area contributed by atoms with Crippen LogP contribution >= 0.6 is 0 Å². The average molecular weight is 947 g/mol. The Hall–Kier alpha value is -8.88. The highest BCUT2D eigenvalue weighted by molar-refractivity contribution is 6.14. The number of nitrogens with zero attached hydrogens (tertiary/aromatic N) is 4. The third-order valence-electron chi connectivity index (χ3n) is 13.4. The van der Waals surface area contributed by atoms with Crippen molar-refractivity contribution in [2.75, 3.05) is 76.2 Å². The zero-order valence-electron chi connectivity index (χ0n) is 42.1. The van der Waals surface area contributed by atoms with Gasteiger partial charge in [0.25, 0.3) is 0 Å². The number of fused-ring (bicyclic) bond motifs is 2. The average Bonchev–Trinajstić information content (AvgIpc) is 3.43. The van der Waals surface area contributed by atoms with E-state index in [0.717, 1.165) is 90.8 Å². The second-order valence-corrected chi connectivity index (χ2v) is 18.1. The molecule has 0 amide bonds. The molecule has 0 bridgehead atoms. The molecule has 0 saturated carbocycles. The molecule has 0 radical (unpaired) electrons. The van der Waals surface area contributed by atoms with E-state index in [9.17, 15) is 0 Å². The van der Waals surface area contributed by atoms with Gasteiger partial charge in [-0.25, -0.2) is 0 Å². The van der Waals surface area contributed by atoms with Gasteiger partial charge in [-0.15, -0.1) is 0 Å². The quantitative estimate of drug-likeness (QED) is 0.101. The minimum Gasteiger partial charge on any atom is -0.497 e. The van der Waals surface area contributed by atoms with E-state index in [4.69, 9.17) is 18.9 Å². The fourth-order valence-electron chi connectivity index (χ4n) is 9.69. The fraction of sp³-hybridized carbons (Fsp3) is 0.125. The Morgan fingerprint density at radius 1 is 0.264 bits per heavy atom. The van der Waals surface area contributed by atoms with Gasteiger partial charge in [-0.1, -0.05) is 60.7 Å². The molecular formula is C64H58N4O4. The number of hydrogen-bond donors (Lipinski definition) is 0. The Labute approximate surface area is 423 Å². The maximum absolute atomic E-state index is 5.48. The monoisotopic (exact) mass is 946 g/mol. The summed E-state index contributed by atoms with van der Waals surface area (Å²) < 4.78 is 21.9. The van der Waals surface area contributed by atoms with Crippen LogP contribution in [0, 0.1) is 0 Å². The molecule has 10 rings (SSSR count). The highest BCUT2D eigenvalue weighted by Gasteiger charge is 2.21. The molecule has 0 N–H and O–H groups in total. The molecule has 0 aliphatic heterocycles. The van der Waals surface area contributed by atoms with Crippen molar-refractivity contribution >= 4 is 67.0 Å². The van der Waals surface area contributed by atoms with Crippen molar-refractivity contribution in [3.05, 3.63) is 206 Å². The summed E-state index contributed by atoms with van der Waals surface area (Å²) >= 11 is 0. The van der Waals surface area contributed by atoms with Gasteiger partial charge in [0.1, 0.15) is 23.0 Å². The third-order valence-corrected chi connectivity index (χ3v) is 13.4. The van der Waals surface area contributed by atoms with Crippen LogP contribution in [-0.2, 0) is 0 Å². The summed E-state index contributed by atoms with van der Waals surface area (Å²) in [5.74, 6) is 3.25. The van der Waals surface area contributed by atoms with Crippen molar-refractivity contribution in [3.63, 3.8) is 0 Å². The smallest absolute Gasteiger partial charge is 0.119 e. The largest absolute Gasteiger partial charge is 0.497 e. The summed E-state index contributed by atoms with van der Waals surface area (Å²) in [5, 5.41) is 4.74. The zero-order chi connectivity index (χ0) is 49.9. The first kappa shape index (κ1) is 46.8. The van der Waals surface area contributed by atoms with Crippen LogP contribution in [0.5, 0.6) is 23.0 Å². The van der Waals surface area contributed by atoms with Crippen molar-refractivity contribution < 1.29 is 18.9 Å². The molecule has 0 aliphatic carbocycles. The zero-order valence-corrected chi connectivity index (χ0v) is 42.1. The van der Waals surface area contributed by atoms with Gasteiger partial charge in [-0.05, 0) is 189 Å². The first-order chi connectivity index (χ1) is 35.1.